The Morgan fingerprint density at radius 1 is 0.661 bits per heavy atom. The van der Waals surface area contributed by atoms with E-state index >= 15 is 0 Å². The van der Waals surface area contributed by atoms with Gasteiger partial charge in [-0.3, -0.25) is 0 Å². The largest absolute Gasteiger partial charge is 2.00 e. The number of amidine groups is 1. The molecular weight excluding hydrogens is 940 g/mol. The Kier molecular flexibility index (Phi) is 13.8. The number of nitrogens with zero attached hydrogens (tertiary/aromatic N) is 4. The number of aromatic nitrogens is 2. The zero-order valence-corrected chi connectivity index (χ0v) is 42.5. The molecule has 6 heteroatoms. The summed E-state index contributed by atoms with van der Waals surface area (Å²) in [4.78, 5) is 13.2. The molecule has 0 saturated heterocycles. The van der Waals surface area contributed by atoms with Gasteiger partial charge in [0.05, 0.1) is 11.9 Å². The molecule has 330 valence electrons. The first-order chi connectivity index (χ1) is 28.6. The summed E-state index contributed by atoms with van der Waals surface area (Å²) in [6.07, 6.45) is 1.93. The minimum absolute atomic E-state index is 0. The van der Waals surface area contributed by atoms with Crippen molar-refractivity contribution in [3.8, 4) is 17.3 Å². The van der Waals surface area contributed by atoms with Crippen LogP contribution in [0.5, 0.6) is 11.5 Å². The molecule has 0 aliphatic carbocycles. The molecule has 1 atom stereocenters. The van der Waals surface area contributed by atoms with E-state index in [4.69, 9.17) is 14.7 Å². The van der Waals surface area contributed by atoms with E-state index in [1.54, 1.807) is 0 Å². The molecule has 0 bridgehead atoms. The zero-order valence-electron chi connectivity index (χ0n) is 40.3. The average Bonchev–Trinajstić information content (AvgIpc) is 3.75. The predicted molar refractivity (Wildman–Crippen MR) is 260 cm³/mol. The van der Waals surface area contributed by atoms with E-state index < -0.39 is 0 Å². The van der Waals surface area contributed by atoms with E-state index in [2.05, 4.69) is 205 Å². The molecule has 7 rings (SSSR count). The fourth-order valence-electron chi connectivity index (χ4n) is 9.53. The van der Waals surface area contributed by atoms with Crippen molar-refractivity contribution in [3.05, 3.63) is 125 Å². The van der Waals surface area contributed by atoms with Crippen LogP contribution in [-0.2, 0) is 31.9 Å². The maximum Gasteiger partial charge on any atom is 2.00 e. The zero-order chi connectivity index (χ0) is 44.3. The van der Waals surface area contributed by atoms with Gasteiger partial charge in [0.1, 0.15) is 5.82 Å². The number of anilines is 1. The monoisotopic (exact) mass is 1010 g/mol. The van der Waals surface area contributed by atoms with Crippen LogP contribution >= 0.6 is 0 Å². The minimum atomic E-state index is -0.0280. The number of benzene rings is 4. The van der Waals surface area contributed by atoms with Gasteiger partial charge in [0, 0.05) is 35.4 Å². The van der Waals surface area contributed by atoms with Gasteiger partial charge in [0.25, 0.3) is 0 Å². The second-order valence-corrected chi connectivity index (χ2v) is 21.3. The number of hydrogen-bond acceptors (Lipinski definition) is 4. The summed E-state index contributed by atoms with van der Waals surface area (Å²) in [6.45, 7) is 37.6. The van der Waals surface area contributed by atoms with E-state index in [0.29, 0.717) is 41.1 Å². The van der Waals surface area contributed by atoms with Crippen molar-refractivity contribution in [1.82, 2.24) is 9.55 Å². The SMILES string of the molecule is CC(C)c1cc(Oc2[c-]c3c(cc2)c2cc(C(C)(C)C)ccc2n3-c2cc(C(C)(C)C)ccn2)[c-]c(C2=N[C@H](C(C(C)C)C(C)C)CN2c2c(C(C)C)cccc2C(C)C)c1.[Pt+2]. The van der Waals surface area contributed by atoms with Crippen molar-refractivity contribution < 1.29 is 25.8 Å². The summed E-state index contributed by atoms with van der Waals surface area (Å²) in [6, 6.07) is 34.4. The van der Waals surface area contributed by atoms with Gasteiger partial charge in [-0.15, -0.1) is 34.7 Å². The van der Waals surface area contributed by atoms with Gasteiger partial charge in [0.2, 0.25) is 0 Å². The molecule has 3 heterocycles. The number of para-hydroxylation sites is 1. The van der Waals surface area contributed by atoms with Crippen LogP contribution in [0.4, 0.5) is 5.69 Å². The second-order valence-electron chi connectivity index (χ2n) is 21.3. The molecule has 4 aromatic carbocycles. The van der Waals surface area contributed by atoms with Crippen LogP contribution in [0, 0.1) is 29.9 Å². The summed E-state index contributed by atoms with van der Waals surface area (Å²) in [5, 5.41) is 2.30. The van der Waals surface area contributed by atoms with Crippen molar-refractivity contribution in [2.45, 2.75) is 145 Å². The van der Waals surface area contributed by atoms with Crippen molar-refractivity contribution in [1.29, 1.82) is 0 Å². The van der Waals surface area contributed by atoms with Crippen LogP contribution in [0.25, 0.3) is 27.6 Å². The Labute approximate surface area is 388 Å². The summed E-state index contributed by atoms with van der Waals surface area (Å²) in [5.41, 5.74) is 10.7. The van der Waals surface area contributed by atoms with Gasteiger partial charge in [-0.05, 0) is 92.2 Å². The molecule has 0 unspecified atom stereocenters. The molecule has 2 aromatic heterocycles. The molecule has 0 radical (unpaired) electrons. The topological polar surface area (TPSA) is 42.6 Å². The third kappa shape index (κ3) is 9.36. The molecule has 0 amide bonds. The van der Waals surface area contributed by atoms with Crippen LogP contribution in [0.2, 0.25) is 0 Å². The first-order valence-corrected chi connectivity index (χ1v) is 22.9. The van der Waals surface area contributed by atoms with Gasteiger partial charge in [-0.1, -0.05) is 159 Å². The van der Waals surface area contributed by atoms with E-state index in [-0.39, 0.29) is 43.9 Å². The number of fused-ring (bicyclic) bond motifs is 3. The van der Waals surface area contributed by atoms with E-state index in [9.17, 15) is 0 Å². The summed E-state index contributed by atoms with van der Waals surface area (Å²) < 4.78 is 9.17. The van der Waals surface area contributed by atoms with Gasteiger partial charge in [0.15, 0.2) is 0 Å². The number of rotatable bonds is 11. The van der Waals surface area contributed by atoms with Crippen LogP contribution in [0.15, 0.2) is 84.0 Å². The molecule has 6 aromatic rings. The fourth-order valence-corrected chi connectivity index (χ4v) is 9.53. The van der Waals surface area contributed by atoms with Gasteiger partial charge in [-0.25, -0.2) is 4.98 Å². The van der Waals surface area contributed by atoms with Crippen molar-refractivity contribution in [2.75, 3.05) is 11.4 Å². The molecule has 5 nitrogen and oxygen atoms in total. The summed E-state index contributed by atoms with van der Waals surface area (Å²) in [5.74, 6) is 5.57. The van der Waals surface area contributed by atoms with Gasteiger partial charge in [-0.2, -0.15) is 6.07 Å². The maximum atomic E-state index is 6.92. The Bertz CT molecular complexity index is 2540. The van der Waals surface area contributed by atoms with Crippen molar-refractivity contribution >= 4 is 33.3 Å². The fraction of sp³-hybridized carbons (Fsp3) is 0.464. The molecule has 1 aliphatic heterocycles. The number of pyridine rings is 1. The van der Waals surface area contributed by atoms with E-state index in [0.717, 1.165) is 40.2 Å². The Morgan fingerprint density at radius 3 is 1.87 bits per heavy atom. The Hall–Kier alpha value is -4.21. The van der Waals surface area contributed by atoms with Crippen molar-refractivity contribution in [2.24, 2.45) is 22.7 Å². The molecule has 0 N–H and O–H groups in total. The molecule has 0 fully saturated rings. The number of hydrogen-bond donors (Lipinski definition) is 0. The van der Waals surface area contributed by atoms with Gasteiger partial charge >= 0.3 is 21.1 Å². The normalized spacial score (nSPS) is 15.0. The Morgan fingerprint density at radius 2 is 1.29 bits per heavy atom. The van der Waals surface area contributed by atoms with Crippen LogP contribution < -0.4 is 9.64 Å². The number of ether oxygens (including phenoxy) is 1. The minimum Gasteiger partial charge on any atom is -0.503 e. The first-order valence-electron chi connectivity index (χ1n) is 22.9. The number of aliphatic imine (C=N–C) groups is 1. The predicted octanol–water partition coefficient (Wildman–Crippen LogP) is 15.1. The smallest absolute Gasteiger partial charge is 0.503 e. The average molecular weight is 1010 g/mol. The third-order valence-electron chi connectivity index (χ3n) is 12.9. The molecule has 0 spiro atoms. The molecule has 62 heavy (non-hydrogen) atoms. The third-order valence-corrected chi connectivity index (χ3v) is 12.9. The maximum absolute atomic E-state index is 6.92. The van der Waals surface area contributed by atoms with Gasteiger partial charge < -0.3 is 19.2 Å². The van der Waals surface area contributed by atoms with Crippen LogP contribution in [0.1, 0.15) is 162 Å². The standard InChI is InChI=1S/C56H70N4O.Pt/c1-33(2)38-26-39(54-58-48(52(36(7)8)37(9)10)32-59(54)53-44(34(3)4)18-17-19-45(53)35(5)6)28-43(27-38)61-42-21-22-46-47-29-40(55(11,12)13)20-23-49(47)60(50(46)31-42)51-30-41(24-25-57-51)56(14,15)16;/h17-27,29-30,33-37,48,52H,32H2,1-16H3;/q-2;+2/t48-;/m0./s1. The van der Waals surface area contributed by atoms with E-state index in [1.807, 2.05) is 6.20 Å². The second kappa shape index (κ2) is 18.1. The summed E-state index contributed by atoms with van der Waals surface area (Å²) in [7, 11) is 0. The molecule has 0 saturated carbocycles. The van der Waals surface area contributed by atoms with Crippen LogP contribution in [0.3, 0.4) is 0 Å². The Balaban J connectivity index is 0.00000641. The van der Waals surface area contributed by atoms with E-state index in [1.165, 1.54) is 38.9 Å². The van der Waals surface area contributed by atoms with Crippen LogP contribution in [-0.4, -0.2) is 28.0 Å². The summed E-state index contributed by atoms with van der Waals surface area (Å²) >= 11 is 0. The molecular formula is C56H70N4OPt. The molecule has 1 aliphatic rings. The quantitative estimate of drug-likeness (QED) is 0.121. The first kappa shape index (κ1) is 47.3. The van der Waals surface area contributed by atoms with Crippen molar-refractivity contribution in [3.63, 3.8) is 0 Å².